The molecule has 3 atom stereocenters. The molecule has 0 spiro atoms. The summed E-state index contributed by atoms with van der Waals surface area (Å²) in [4.78, 5) is 21.7. The van der Waals surface area contributed by atoms with E-state index in [2.05, 4.69) is 24.0 Å². The number of nitrogens with zero attached hydrogens (tertiary/aromatic N) is 2. The number of fused-ring (bicyclic) bond motifs is 3. The number of hydrogen-bond donors (Lipinski definition) is 0. The number of rotatable bonds is 2. The Kier molecular flexibility index (Phi) is 4.26. The van der Waals surface area contributed by atoms with Crippen LogP contribution in [0.5, 0.6) is 5.75 Å². The van der Waals surface area contributed by atoms with E-state index in [0.717, 1.165) is 36.3 Å². The smallest absolute Gasteiger partial charge is 0.136 e. The van der Waals surface area contributed by atoms with Gasteiger partial charge in [0.2, 0.25) is 0 Å². The number of methoxy groups -OCH3 is 1. The van der Waals surface area contributed by atoms with E-state index in [-0.39, 0.29) is 17.3 Å². The van der Waals surface area contributed by atoms with E-state index < -0.39 is 0 Å². The third-order valence-electron chi connectivity index (χ3n) is 6.31. The van der Waals surface area contributed by atoms with Crippen molar-refractivity contribution in [1.82, 2.24) is 9.97 Å². The maximum Gasteiger partial charge on any atom is 0.136 e. The van der Waals surface area contributed by atoms with Crippen molar-refractivity contribution in [2.75, 3.05) is 7.11 Å². The molecule has 0 N–H and O–H groups in total. The van der Waals surface area contributed by atoms with Crippen LogP contribution in [0.3, 0.4) is 0 Å². The molecule has 0 aliphatic heterocycles. The second-order valence-electron chi connectivity index (χ2n) is 7.49. The standard InChI is InChI=1S/C21H23ClN2O2/c1-12-17-9-8-16-19(23-13(2)24-20(16)22)21(17,11-10-18(12)25)14-4-6-15(26-3)7-5-14/h4-7,12,17H,8-11H2,1-3H3/t12-,17-,21+/m0/s1. The third kappa shape index (κ3) is 2.46. The van der Waals surface area contributed by atoms with Crippen molar-refractivity contribution in [2.45, 2.75) is 44.9 Å². The van der Waals surface area contributed by atoms with Crippen LogP contribution in [0.4, 0.5) is 0 Å². The quantitative estimate of drug-likeness (QED) is 0.740. The summed E-state index contributed by atoms with van der Waals surface area (Å²) in [6, 6.07) is 8.22. The highest BCUT2D eigenvalue weighted by atomic mass is 35.5. The second-order valence-corrected chi connectivity index (χ2v) is 7.85. The predicted octanol–water partition coefficient (Wildman–Crippen LogP) is 4.29. The van der Waals surface area contributed by atoms with Gasteiger partial charge >= 0.3 is 0 Å². The number of Topliss-reactive ketones (excluding diaryl/α,β-unsaturated/α-hetero) is 1. The molecular formula is C21H23ClN2O2. The first-order valence-electron chi connectivity index (χ1n) is 9.18. The number of halogens is 1. The largest absolute Gasteiger partial charge is 0.497 e. The summed E-state index contributed by atoms with van der Waals surface area (Å²) in [7, 11) is 1.67. The molecule has 1 aromatic heterocycles. The zero-order valence-corrected chi connectivity index (χ0v) is 16.1. The first-order chi connectivity index (χ1) is 12.5. The lowest BCUT2D eigenvalue weighted by molar-refractivity contribution is -0.128. The van der Waals surface area contributed by atoms with Crippen LogP contribution in [0.1, 0.15) is 48.8 Å². The van der Waals surface area contributed by atoms with Crippen LogP contribution in [0.25, 0.3) is 0 Å². The molecule has 0 unspecified atom stereocenters. The van der Waals surface area contributed by atoms with E-state index in [0.29, 0.717) is 23.2 Å². The van der Waals surface area contributed by atoms with E-state index in [1.807, 2.05) is 19.1 Å². The van der Waals surface area contributed by atoms with Crippen molar-refractivity contribution < 1.29 is 9.53 Å². The van der Waals surface area contributed by atoms with Gasteiger partial charge in [0, 0.05) is 23.3 Å². The molecule has 4 rings (SSSR count). The Morgan fingerprint density at radius 2 is 1.92 bits per heavy atom. The van der Waals surface area contributed by atoms with Crippen LogP contribution in [0.2, 0.25) is 5.15 Å². The van der Waals surface area contributed by atoms with Gasteiger partial charge in [0.25, 0.3) is 0 Å². The first-order valence-corrected chi connectivity index (χ1v) is 9.56. The lowest BCUT2D eigenvalue weighted by Crippen LogP contribution is -2.50. The minimum atomic E-state index is -0.287. The van der Waals surface area contributed by atoms with Crippen molar-refractivity contribution in [3.8, 4) is 5.75 Å². The number of hydrogen-bond acceptors (Lipinski definition) is 4. The van der Waals surface area contributed by atoms with Gasteiger partial charge in [0.15, 0.2) is 0 Å². The van der Waals surface area contributed by atoms with Crippen molar-refractivity contribution >= 4 is 17.4 Å². The van der Waals surface area contributed by atoms with Gasteiger partial charge in [-0.05, 0) is 49.8 Å². The molecular weight excluding hydrogens is 348 g/mol. The summed E-state index contributed by atoms with van der Waals surface area (Å²) in [6.07, 6.45) is 3.10. The zero-order chi connectivity index (χ0) is 18.5. The highest BCUT2D eigenvalue weighted by Crippen LogP contribution is 2.55. The predicted molar refractivity (Wildman–Crippen MR) is 101 cm³/mol. The molecule has 2 aliphatic carbocycles. The van der Waals surface area contributed by atoms with E-state index >= 15 is 0 Å². The van der Waals surface area contributed by atoms with Gasteiger partial charge < -0.3 is 4.74 Å². The number of carbonyl (C=O) groups is 1. The Morgan fingerprint density at radius 3 is 2.62 bits per heavy atom. The van der Waals surface area contributed by atoms with Gasteiger partial charge in [-0.1, -0.05) is 30.7 Å². The molecule has 0 radical (unpaired) electrons. The van der Waals surface area contributed by atoms with Crippen LogP contribution in [-0.4, -0.2) is 22.9 Å². The van der Waals surface area contributed by atoms with Gasteiger partial charge in [-0.2, -0.15) is 0 Å². The molecule has 2 aromatic rings. The number of aromatic nitrogens is 2. The van der Waals surface area contributed by atoms with Gasteiger partial charge in [-0.15, -0.1) is 0 Å². The number of carbonyl (C=O) groups excluding carboxylic acids is 1. The molecule has 5 heteroatoms. The SMILES string of the molecule is COc1ccc([C@]23CCC(=O)[C@@H](C)[C@@H]2CCc2c(Cl)nc(C)nc23)cc1. The zero-order valence-electron chi connectivity index (χ0n) is 15.4. The van der Waals surface area contributed by atoms with E-state index in [1.54, 1.807) is 7.11 Å². The Morgan fingerprint density at radius 1 is 1.19 bits per heavy atom. The number of ether oxygens (including phenoxy) is 1. The average Bonchev–Trinajstić information content (AvgIpc) is 2.64. The summed E-state index contributed by atoms with van der Waals surface area (Å²) >= 11 is 6.50. The molecule has 26 heavy (non-hydrogen) atoms. The Balaban J connectivity index is 1.98. The number of benzene rings is 1. The monoisotopic (exact) mass is 370 g/mol. The third-order valence-corrected chi connectivity index (χ3v) is 6.62. The normalized spacial score (nSPS) is 27.6. The first kappa shape index (κ1) is 17.5. The minimum absolute atomic E-state index is 0.0213. The summed E-state index contributed by atoms with van der Waals surface area (Å²) in [5.74, 6) is 2.13. The van der Waals surface area contributed by atoms with E-state index in [4.69, 9.17) is 21.3 Å². The fraction of sp³-hybridized carbons (Fsp3) is 0.476. The van der Waals surface area contributed by atoms with E-state index in [1.165, 1.54) is 5.56 Å². The topological polar surface area (TPSA) is 52.1 Å². The maximum atomic E-state index is 12.5. The van der Waals surface area contributed by atoms with Crippen LogP contribution < -0.4 is 4.74 Å². The molecule has 0 saturated heterocycles. The average molecular weight is 371 g/mol. The molecule has 1 aromatic carbocycles. The van der Waals surface area contributed by atoms with E-state index in [9.17, 15) is 4.79 Å². The molecule has 2 aliphatic rings. The Hall–Kier alpha value is -1.94. The summed E-state index contributed by atoms with van der Waals surface area (Å²) in [6.45, 7) is 3.96. The molecule has 1 saturated carbocycles. The molecule has 0 amide bonds. The van der Waals surface area contributed by atoms with Crippen molar-refractivity contribution in [3.05, 3.63) is 52.1 Å². The van der Waals surface area contributed by atoms with Gasteiger partial charge in [0.1, 0.15) is 22.5 Å². The molecule has 0 bridgehead atoms. The molecule has 4 nitrogen and oxygen atoms in total. The molecule has 1 heterocycles. The van der Waals surface area contributed by atoms with Gasteiger partial charge in [0.05, 0.1) is 12.8 Å². The molecule has 1 fully saturated rings. The number of aryl methyl sites for hydroxylation is 1. The van der Waals surface area contributed by atoms with Crippen molar-refractivity contribution in [1.29, 1.82) is 0 Å². The van der Waals surface area contributed by atoms with Crippen molar-refractivity contribution in [3.63, 3.8) is 0 Å². The Labute approximate surface area is 159 Å². The Bertz CT molecular complexity index is 865. The minimum Gasteiger partial charge on any atom is -0.497 e. The maximum absolute atomic E-state index is 12.5. The summed E-state index contributed by atoms with van der Waals surface area (Å²) < 4.78 is 5.34. The molecule has 136 valence electrons. The van der Waals surface area contributed by atoms with Crippen LogP contribution in [0, 0.1) is 18.8 Å². The second kappa shape index (κ2) is 6.34. The van der Waals surface area contributed by atoms with Crippen LogP contribution >= 0.6 is 11.6 Å². The lowest BCUT2D eigenvalue weighted by Gasteiger charge is -2.50. The highest BCUT2D eigenvalue weighted by molar-refractivity contribution is 6.30. The highest BCUT2D eigenvalue weighted by Gasteiger charge is 2.53. The fourth-order valence-electron chi connectivity index (χ4n) is 5.01. The lowest BCUT2D eigenvalue weighted by atomic mass is 9.53. The van der Waals surface area contributed by atoms with Crippen molar-refractivity contribution in [2.24, 2.45) is 11.8 Å². The summed E-state index contributed by atoms with van der Waals surface area (Å²) in [5, 5.41) is 0.559. The fourth-order valence-corrected chi connectivity index (χ4v) is 5.32. The van der Waals surface area contributed by atoms with Crippen LogP contribution in [0.15, 0.2) is 24.3 Å². The van der Waals surface area contributed by atoms with Gasteiger partial charge in [-0.25, -0.2) is 9.97 Å². The van der Waals surface area contributed by atoms with Crippen LogP contribution in [-0.2, 0) is 16.6 Å². The number of ketones is 1. The summed E-state index contributed by atoms with van der Waals surface area (Å²) in [5.41, 5.74) is 2.98. The van der Waals surface area contributed by atoms with Gasteiger partial charge in [-0.3, -0.25) is 4.79 Å².